The number of rotatable bonds is 4. The van der Waals surface area contributed by atoms with Gasteiger partial charge in [0.2, 0.25) is 0 Å². The first kappa shape index (κ1) is 12.7. The van der Waals surface area contributed by atoms with Gasteiger partial charge in [-0.25, -0.2) is 4.79 Å². The monoisotopic (exact) mass is 259 g/mol. The molecule has 0 bridgehead atoms. The largest absolute Gasteiger partial charge is 0.477 e. The second kappa shape index (κ2) is 5.29. The molecule has 3 N–H and O–H groups in total. The highest BCUT2D eigenvalue weighted by molar-refractivity contribution is 8.04. The van der Waals surface area contributed by atoms with Crippen molar-refractivity contribution in [1.82, 2.24) is 5.32 Å². The van der Waals surface area contributed by atoms with Crippen LogP contribution in [0.5, 0.6) is 0 Å². The normalized spacial score (nSPS) is 30.5. The van der Waals surface area contributed by atoms with Gasteiger partial charge in [0.1, 0.15) is 5.70 Å². The first-order chi connectivity index (χ1) is 8.08. The Morgan fingerprint density at radius 2 is 2.47 bits per heavy atom. The van der Waals surface area contributed by atoms with E-state index < -0.39 is 12.1 Å². The van der Waals surface area contributed by atoms with Crippen molar-refractivity contribution >= 4 is 17.7 Å². The molecule has 0 aromatic heterocycles. The molecule has 0 saturated carbocycles. The summed E-state index contributed by atoms with van der Waals surface area (Å²) in [5, 5.41) is 21.4. The Kier molecular flexibility index (Phi) is 3.96. The molecule has 0 aromatic carbocycles. The van der Waals surface area contributed by atoms with Crippen LogP contribution in [0.15, 0.2) is 10.6 Å². The number of carboxylic acid groups (broad SMARTS) is 1. The topological polar surface area (TPSA) is 78.8 Å². The number of ether oxygens (including phenoxy) is 1. The summed E-state index contributed by atoms with van der Waals surface area (Å²) in [5.74, 6) is -0.948. The number of carbonyl (C=O) groups is 1. The minimum Gasteiger partial charge on any atom is -0.477 e. The third-order valence-electron chi connectivity index (χ3n) is 2.81. The highest BCUT2D eigenvalue weighted by atomic mass is 32.2. The quantitative estimate of drug-likeness (QED) is 0.696. The van der Waals surface area contributed by atoms with E-state index in [1.807, 2.05) is 0 Å². The first-order valence-corrected chi connectivity index (χ1v) is 6.66. The lowest BCUT2D eigenvalue weighted by Crippen LogP contribution is -2.27. The molecule has 2 rings (SSSR count). The van der Waals surface area contributed by atoms with Crippen molar-refractivity contribution in [2.24, 2.45) is 0 Å². The van der Waals surface area contributed by atoms with Crippen molar-refractivity contribution in [3.63, 3.8) is 0 Å². The lowest BCUT2D eigenvalue weighted by molar-refractivity contribution is -0.133. The second-order valence-corrected chi connectivity index (χ2v) is 5.63. The van der Waals surface area contributed by atoms with E-state index in [9.17, 15) is 9.90 Å². The zero-order valence-corrected chi connectivity index (χ0v) is 10.5. The molecule has 1 saturated heterocycles. The highest BCUT2D eigenvalue weighted by Gasteiger charge is 2.35. The number of hydrogen-bond acceptors (Lipinski definition) is 5. The van der Waals surface area contributed by atoms with Crippen LogP contribution in [-0.4, -0.2) is 40.4 Å². The zero-order chi connectivity index (χ0) is 12.4. The van der Waals surface area contributed by atoms with Crippen LogP contribution in [0.25, 0.3) is 0 Å². The van der Waals surface area contributed by atoms with Gasteiger partial charge >= 0.3 is 5.97 Å². The Morgan fingerprint density at radius 3 is 3.00 bits per heavy atom. The molecule has 96 valence electrons. The Bertz CT molecular complexity index is 336. The SMILES string of the molecule is C[C@@H](O)C[C@@H]1NC(C(=O)O)=C([C@H]2CCCO2)S1. The fourth-order valence-corrected chi connectivity index (χ4v) is 3.54. The van der Waals surface area contributed by atoms with Crippen LogP contribution < -0.4 is 5.32 Å². The van der Waals surface area contributed by atoms with E-state index >= 15 is 0 Å². The minimum atomic E-state index is -0.948. The number of hydrogen-bond donors (Lipinski definition) is 3. The van der Waals surface area contributed by atoms with Gasteiger partial charge in [0.05, 0.1) is 17.6 Å². The summed E-state index contributed by atoms with van der Waals surface area (Å²) in [5.41, 5.74) is 0.243. The molecule has 2 aliphatic heterocycles. The lowest BCUT2D eigenvalue weighted by Gasteiger charge is -2.14. The summed E-state index contributed by atoms with van der Waals surface area (Å²) in [7, 11) is 0. The molecule has 1 fully saturated rings. The average Bonchev–Trinajstić information content (AvgIpc) is 2.82. The summed E-state index contributed by atoms with van der Waals surface area (Å²) in [6.07, 6.45) is 1.85. The summed E-state index contributed by atoms with van der Waals surface area (Å²) in [6.45, 7) is 2.40. The van der Waals surface area contributed by atoms with E-state index in [0.717, 1.165) is 17.7 Å². The van der Waals surface area contributed by atoms with E-state index in [2.05, 4.69) is 5.32 Å². The van der Waals surface area contributed by atoms with Crippen molar-refractivity contribution in [1.29, 1.82) is 0 Å². The van der Waals surface area contributed by atoms with E-state index in [4.69, 9.17) is 9.84 Å². The van der Waals surface area contributed by atoms with Crippen LogP contribution >= 0.6 is 11.8 Å². The van der Waals surface area contributed by atoms with Crippen molar-refractivity contribution in [3.05, 3.63) is 10.6 Å². The maximum atomic E-state index is 11.1. The molecule has 6 heteroatoms. The number of thioether (sulfide) groups is 1. The van der Waals surface area contributed by atoms with E-state index in [1.165, 1.54) is 11.8 Å². The van der Waals surface area contributed by atoms with Crippen molar-refractivity contribution < 1.29 is 19.7 Å². The van der Waals surface area contributed by atoms with Gasteiger partial charge in [0, 0.05) is 17.9 Å². The smallest absolute Gasteiger partial charge is 0.352 e. The number of nitrogens with one attached hydrogen (secondary N) is 1. The van der Waals surface area contributed by atoms with Crippen molar-refractivity contribution in [2.75, 3.05) is 6.61 Å². The molecule has 0 aliphatic carbocycles. The van der Waals surface area contributed by atoms with Gasteiger partial charge in [-0.2, -0.15) is 0 Å². The Hall–Kier alpha value is -0.720. The minimum absolute atomic E-state index is 0.0692. The van der Waals surface area contributed by atoms with Crippen LogP contribution in [0, 0.1) is 0 Å². The molecule has 5 nitrogen and oxygen atoms in total. The molecule has 2 heterocycles. The summed E-state index contributed by atoms with van der Waals surface area (Å²) >= 11 is 1.48. The molecule has 17 heavy (non-hydrogen) atoms. The molecule has 3 atom stereocenters. The molecule has 0 unspecified atom stereocenters. The lowest BCUT2D eigenvalue weighted by atomic mass is 10.2. The fraction of sp³-hybridized carbons (Fsp3) is 0.727. The third kappa shape index (κ3) is 2.94. The van der Waals surface area contributed by atoms with Gasteiger partial charge in [-0.1, -0.05) is 0 Å². The van der Waals surface area contributed by atoms with E-state index in [1.54, 1.807) is 6.92 Å². The fourth-order valence-electron chi connectivity index (χ4n) is 2.08. The molecular weight excluding hydrogens is 242 g/mol. The molecule has 0 amide bonds. The van der Waals surface area contributed by atoms with E-state index in [-0.39, 0.29) is 17.2 Å². The van der Waals surface area contributed by atoms with Gasteiger partial charge in [-0.05, 0) is 19.8 Å². The third-order valence-corrected chi connectivity index (χ3v) is 4.13. The molecule has 0 spiro atoms. The Morgan fingerprint density at radius 1 is 1.71 bits per heavy atom. The van der Waals surface area contributed by atoms with Crippen LogP contribution in [0.3, 0.4) is 0 Å². The molecule has 2 aliphatic rings. The molecular formula is C11H17NO4S. The van der Waals surface area contributed by atoms with E-state index in [0.29, 0.717) is 13.0 Å². The van der Waals surface area contributed by atoms with Gasteiger partial charge in [-0.15, -0.1) is 11.8 Å². The Balaban J connectivity index is 2.08. The second-order valence-electron chi connectivity index (χ2n) is 4.38. The van der Waals surface area contributed by atoms with Crippen LogP contribution in [0.4, 0.5) is 0 Å². The van der Waals surface area contributed by atoms with Crippen LogP contribution in [0.1, 0.15) is 26.2 Å². The van der Waals surface area contributed by atoms with Gasteiger partial charge in [-0.3, -0.25) is 0 Å². The number of aliphatic hydroxyl groups excluding tert-OH is 1. The Labute approximate surface area is 104 Å². The average molecular weight is 259 g/mol. The van der Waals surface area contributed by atoms with Crippen molar-refractivity contribution in [3.8, 4) is 0 Å². The number of carboxylic acids is 1. The van der Waals surface area contributed by atoms with Crippen LogP contribution in [0.2, 0.25) is 0 Å². The van der Waals surface area contributed by atoms with Gasteiger partial charge in [0.15, 0.2) is 0 Å². The summed E-state index contributed by atoms with van der Waals surface area (Å²) in [6, 6.07) is 0. The van der Waals surface area contributed by atoms with Crippen molar-refractivity contribution in [2.45, 2.75) is 43.8 Å². The maximum Gasteiger partial charge on any atom is 0.352 e. The highest BCUT2D eigenvalue weighted by Crippen LogP contribution is 2.39. The van der Waals surface area contributed by atoms with Crippen LogP contribution in [-0.2, 0) is 9.53 Å². The first-order valence-electron chi connectivity index (χ1n) is 5.78. The van der Waals surface area contributed by atoms with Gasteiger partial charge in [0.25, 0.3) is 0 Å². The summed E-state index contributed by atoms with van der Waals surface area (Å²) < 4.78 is 5.53. The number of aliphatic hydroxyl groups is 1. The zero-order valence-electron chi connectivity index (χ0n) is 9.68. The predicted molar refractivity (Wildman–Crippen MR) is 64.4 cm³/mol. The molecule has 0 radical (unpaired) electrons. The number of aliphatic carboxylic acids is 1. The predicted octanol–water partition coefficient (Wildman–Crippen LogP) is 0.895. The standard InChI is InChI=1S/C11H17NO4S/c1-6(13)5-8-12-9(11(14)15)10(17-8)7-3-2-4-16-7/h6-8,12-13H,2-5H2,1H3,(H,14,15)/t6-,7-,8-/m1/s1. The maximum absolute atomic E-state index is 11.1. The van der Waals surface area contributed by atoms with Gasteiger partial charge < -0.3 is 20.3 Å². The summed E-state index contributed by atoms with van der Waals surface area (Å²) in [4.78, 5) is 11.9. The molecule has 0 aromatic rings.